The maximum Gasteiger partial charge on any atom is 0.201 e. The van der Waals surface area contributed by atoms with Gasteiger partial charge in [0.1, 0.15) is 30.8 Å². The minimum absolute atomic E-state index is 0.183. The second kappa shape index (κ2) is 8.80. The number of hydrazone groups is 1. The van der Waals surface area contributed by atoms with Gasteiger partial charge in [0.05, 0.1) is 5.69 Å². The molecule has 7 heteroatoms. The fourth-order valence-electron chi connectivity index (χ4n) is 1.76. The summed E-state index contributed by atoms with van der Waals surface area (Å²) in [6.07, 6.45) is 0. The molecule has 0 heterocycles. The van der Waals surface area contributed by atoms with Crippen LogP contribution < -0.4 is 20.6 Å². The van der Waals surface area contributed by atoms with Gasteiger partial charge in [-0.05, 0) is 24.3 Å². The van der Waals surface area contributed by atoms with Crippen LogP contribution in [0.3, 0.4) is 0 Å². The zero-order valence-corrected chi connectivity index (χ0v) is 12.9. The van der Waals surface area contributed by atoms with Gasteiger partial charge in [0.2, 0.25) is 5.71 Å². The van der Waals surface area contributed by atoms with Gasteiger partial charge in [-0.2, -0.15) is 10.4 Å². The largest absolute Gasteiger partial charge is 0.490 e. The standard InChI is InChI=1S/C17H17N5O2/c18-12-16(17(19)20)22-21-13-5-4-8-15(11-13)24-10-9-23-14-6-2-1-3-7-14/h1-8,11,21H,9-10H2,(H3,19,20)/b22-16+. The zero-order chi connectivity index (χ0) is 17.2. The molecule has 24 heavy (non-hydrogen) atoms. The second-order valence-corrected chi connectivity index (χ2v) is 4.64. The number of nitriles is 1. The van der Waals surface area contributed by atoms with Gasteiger partial charge in [-0.3, -0.25) is 10.8 Å². The van der Waals surface area contributed by atoms with Crippen molar-refractivity contribution in [3.8, 4) is 17.6 Å². The van der Waals surface area contributed by atoms with Crippen molar-refractivity contribution in [2.45, 2.75) is 0 Å². The fraction of sp³-hybridized carbons (Fsp3) is 0.118. The molecule has 0 spiro atoms. The number of rotatable bonds is 8. The van der Waals surface area contributed by atoms with Crippen LogP contribution in [0.15, 0.2) is 59.7 Å². The molecule has 0 aliphatic heterocycles. The molecule has 0 aromatic heterocycles. The average Bonchev–Trinajstić information content (AvgIpc) is 2.60. The molecule has 0 bridgehead atoms. The fourth-order valence-corrected chi connectivity index (χ4v) is 1.76. The van der Waals surface area contributed by atoms with E-state index in [-0.39, 0.29) is 5.71 Å². The summed E-state index contributed by atoms with van der Waals surface area (Å²) in [6, 6.07) is 18.3. The Morgan fingerprint density at radius 1 is 1.08 bits per heavy atom. The molecule has 0 saturated carbocycles. The van der Waals surface area contributed by atoms with E-state index in [1.807, 2.05) is 30.3 Å². The van der Waals surface area contributed by atoms with E-state index in [0.29, 0.717) is 24.7 Å². The SMILES string of the molecule is N#C/C(=N\Nc1cccc(OCCOc2ccccc2)c1)C(=N)N. The summed E-state index contributed by atoms with van der Waals surface area (Å²) in [5, 5.41) is 19.7. The third-order valence-electron chi connectivity index (χ3n) is 2.86. The summed E-state index contributed by atoms with van der Waals surface area (Å²) in [6.45, 7) is 0.807. The van der Waals surface area contributed by atoms with Gasteiger partial charge >= 0.3 is 0 Å². The van der Waals surface area contributed by atoms with Crippen LogP contribution in [-0.4, -0.2) is 24.8 Å². The van der Waals surface area contributed by atoms with Crippen LogP contribution in [0.5, 0.6) is 11.5 Å². The van der Waals surface area contributed by atoms with Crippen molar-refractivity contribution in [1.82, 2.24) is 0 Å². The summed E-state index contributed by atoms with van der Waals surface area (Å²) >= 11 is 0. The van der Waals surface area contributed by atoms with E-state index in [2.05, 4.69) is 10.5 Å². The number of nitrogens with zero attached hydrogens (tertiary/aromatic N) is 2. The number of amidine groups is 1. The van der Waals surface area contributed by atoms with E-state index in [9.17, 15) is 0 Å². The lowest BCUT2D eigenvalue weighted by molar-refractivity contribution is 0.217. The number of hydrogen-bond acceptors (Lipinski definition) is 6. The minimum atomic E-state index is -0.393. The van der Waals surface area contributed by atoms with Crippen LogP contribution in [0.1, 0.15) is 0 Å². The predicted octanol–water partition coefficient (Wildman–Crippen LogP) is 2.37. The number of para-hydroxylation sites is 1. The lowest BCUT2D eigenvalue weighted by Crippen LogP contribution is -2.21. The number of anilines is 1. The Morgan fingerprint density at radius 2 is 1.75 bits per heavy atom. The van der Waals surface area contributed by atoms with Crippen LogP contribution in [-0.2, 0) is 0 Å². The third kappa shape index (κ3) is 5.35. The van der Waals surface area contributed by atoms with Crippen molar-refractivity contribution in [2.24, 2.45) is 10.8 Å². The molecular weight excluding hydrogens is 306 g/mol. The van der Waals surface area contributed by atoms with Gasteiger partial charge < -0.3 is 15.2 Å². The molecule has 0 fully saturated rings. The summed E-state index contributed by atoms with van der Waals surface area (Å²) < 4.78 is 11.1. The first-order valence-electron chi connectivity index (χ1n) is 7.18. The van der Waals surface area contributed by atoms with Crippen molar-refractivity contribution in [2.75, 3.05) is 18.6 Å². The Kier molecular flexibility index (Phi) is 6.17. The Labute approximate surface area is 139 Å². The molecule has 122 valence electrons. The highest BCUT2D eigenvalue weighted by atomic mass is 16.5. The van der Waals surface area contributed by atoms with Crippen molar-refractivity contribution in [3.63, 3.8) is 0 Å². The van der Waals surface area contributed by atoms with E-state index >= 15 is 0 Å². The quantitative estimate of drug-likeness (QED) is 0.298. The summed E-state index contributed by atoms with van der Waals surface area (Å²) in [5.74, 6) is 1.03. The topological polar surface area (TPSA) is 117 Å². The van der Waals surface area contributed by atoms with E-state index in [0.717, 1.165) is 5.75 Å². The molecule has 2 aromatic carbocycles. The molecule has 0 aliphatic carbocycles. The van der Waals surface area contributed by atoms with Crippen molar-refractivity contribution < 1.29 is 9.47 Å². The summed E-state index contributed by atoms with van der Waals surface area (Å²) in [7, 11) is 0. The molecule has 0 saturated heterocycles. The van der Waals surface area contributed by atoms with Crippen molar-refractivity contribution >= 4 is 17.2 Å². The molecule has 4 N–H and O–H groups in total. The van der Waals surface area contributed by atoms with Gasteiger partial charge in [0.15, 0.2) is 5.84 Å². The normalized spacial score (nSPS) is 10.5. The number of ether oxygens (including phenoxy) is 2. The Balaban J connectivity index is 1.84. The van der Waals surface area contributed by atoms with Crippen LogP contribution >= 0.6 is 0 Å². The highest BCUT2D eigenvalue weighted by Crippen LogP contribution is 2.17. The van der Waals surface area contributed by atoms with Gasteiger partial charge in [0.25, 0.3) is 0 Å². The van der Waals surface area contributed by atoms with Crippen LogP contribution in [0, 0.1) is 16.7 Å². The van der Waals surface area contributed by atoms with Crippen LogP contribution in [0.25, 0.3) is 0 Å². The van der Waals surface area contributed by atoms with Crippen LogP contribution in [0.4, 0.5) is 5.69 Å². The zero-order valence-electron chi connectivity index (χ0n) is 12.9. The molecule has 2 rings (SSSR count). The Hall–Kier alpha value is -3.53. The van der Waals surface area contributed by atoms with Gasteiger partial charge in [-0.15, -0.1) is 0 Å². The minimum Gasteiger partial charge on any atom is -0.490 e. The molecule has 0 unspecified atom stereocenters. The number of nitrogens with two attached hydrogens (primary N) is 1. The predicted molar refractivity (Wildman–Crippen MR) is 92.5 cm³/mol. The van der Waals surface area contributed by atoms with Gasteiger partial charge in [-0.25, -0.2) is 0 Å². The molecule has 2 aromatic rings. The highest BCUT2D eigenvalue weighted by Gasteiger charge is 2.02. The van der Waals surface area contributed by atoms with E-state index in [4.69, 9.17) is 25.9 Å². The van der Waals surface area contributed by atoms with Crippen molar-refractivity contribution in [1.29, 1.82) is 10.7 Å². The van der Waals surface area contributed by atoms with Gasteiger partial charge in [-0.1, -0.05) is 24.3 Å². The first-order valence-corrected chi connectivity index (χ1v) is 7.18. The monoisotopic (exact) mass is 323 g/mol. The van der Waals surface area contributed by atoms with E-state index in [1.165, 1.54) is 0 Å². The third-order valence-corrected chi connectivity index (χ3v) is 2.86. The molecule has 0 aliphatic rings. The molecule has 0 amide bonds. The smallest absolute Gasteiger partial charge is 0.201 e. The Bertz CT molecular complexity index is 753. The van der Waals surface area contributed by atoms with Gasteiger partial charge in [0, 0.05) is 6.07 Å². The maximum atomic E-state index is 8.79. The lowest BCUT2D eigenvalue weighted by atomic mass is 10.3. The molecule has 0 atom stereocenters. The molecule has 7 nitrogen and oxygen atoms in total. The first-order chi connectivity index (χ1) is 11.7. The Morgan fingerprint density at radius 3 is 2.42 bits per heavy atom. The molecular formula is C17H17N5O2. The second-order valence-electron chi connectivity index (χ2n) is 4.64. The molecule has 0 radical (unpaired) electrons. The van der Waals surface area contributed by atoms with E-state index < -0.39 is 5.84 Å². The summed E-state index contributed by atoms with van der Waals surface area (Å²) in [4.78, 5) is 0. The number of hydrogen-bond donors (Lipinski definition) is 3. The number of nitrogens with one attached hydrogen (secondary N) is 2. The summed E-state index contributed by atoms with van der Waals surface area (Å²) in [5.41, 5.74) is 8.32. The van der Waals surface area contributed by atoms with E-state index in [1.54, 1.807) is 30.3 Å². The highest BCUT2D eigenvalue weighted by molar-refractivity contribution is 6.45. The average molecular weight is 323 g/mol. The lowest BCUT2D eigenvalue weighted by Gasteiger charge is -2.09. The maximum absolute atomic E-state index is 8.79. The first kappa shape index (κ1) is 16.8. The van der Waals surface area contributed by atoms with Crippen LogP contribution in [0.2, 0.25) is 0 Å². The van der Waals surface area contributed by atoms with Crippen molar-refractivity contribution in [3.05, 3.63) is 54.6 Å². The number of benzene rings is 2.